The largest absolute Gasteiger partial charge is 0.393 e. The van der Waals surface area contributed by atoms with Crippen molar-refractivity contribution in [2.75, 3.05) is 26.2 Å². The Kier molecular flexibility index (Phi) is 6.45. The van der Waals surface area contributed by atoms with E-state index in [1.165, 1.54) is 0 Å². The van der Waals surface area contributed by atoms with Crippen molar-refractivity contribution in [3.63, 3.8) is 0 Å². The molecule has 21 heavy (non-hydrogen) atoms. The second-order valence-electron chi connectivity index (χ2n) is 5.77. The van der Waals surface area contributed by atoms with Gasteiger partial charge in [-0.1, -0.05) is 23.7 Å². The number of benzene rings is 1. The molecule has 2 aliphatic heterocycles. The quantitative estimate of drug-likeness (QED) is 0.636. The highest BCUT2D eigenvalue weighted by Crippen LogP contribution is 2.30. The number of hydrogen-bond acceptors (Lipinski definition) is 4. The van der Waals surface area contributed by atoms with Gasteiger partial charge in [0, 0.05) is 5.02 Å². The fraction of sp³-hybridized carbons (Fsp3) is 0.625. The molecule has 0 aromatic heterocycles. The molecular formula is C16H25ClN2O2. The third-order valence-corrected chi connectivity index (χ3v) is 4.37. The molecule has 2 fully saturated rings. The minimum atomic E-state index is -0.657. The number of aliphatic hydroxyl groups is 2. The molecule has 0 amide bonds. The third-order valence-electron chi connectivity index (χ3n) is 4.12. The summed E-state index contributed by atoms with van der Waals surface area (Å²) < 4.78 is 0. The lowest BCUT2D eigenvalue weighted by Gasteiger charge is -2.33. The van der Waals surface area contributed by atoms with Gasteiger partial charge >= 0.3 is 0 Å². The van der Waals surface area contributed by atoms with Gasteiger partial charge in [-0.05, 0) is 69.6 Å². The molecule has 2 aliphatic rings. The van der Waals surface area contributed by atoms with Crippen molar-refractivity contribution in [3.05, 3.63) is 34.9 Å². The molecule has 3 rings (SSSR count). The highest BCUT2D eigenvalue weighted by Gasteiger charge is 2.30. The lowest BCUT2D eigenvalue weighted by molar-refractivity contribution is 0.00594. The van der Waals surface area contributed by atoms with Gasteiger partial charge < -0.3 is 20.8 Å². The van der Waals surface area contributed by atoms with Gasteiger partial charge in [-0.3, -0.25) is 0 Å². The maximum atomic E-state index is 10.4. The van der Waals surface area contributed by atoms with Crippen LogP contribution in [-0.4, -0.2) is 42.5 Å². The van der Waals surface area contributed by atoms with Gasteiger partial charge in [0.2, 0.25) is 0 Å². The second-order valence-corrected chi connectivity index (χ2v) is 6.21. The zero-order chi connectivity index (χ0) is 15.1. The zero-order valence-electron chi connectivity index (χ0n) is 12.3. The van der Waals surface area contributed by atoms with Crippen LogP contribution >= 0.6 is 11.6 Å². The number of piperidine rings is 2. The highest BCUT2D eigenvalue weighted by atomic mass is 35.5. The molecule has 0 radical (unpaired) electrons. The van der Waals surface area contributed by atoms with Crippen LogP contribution in [0.1, 0.15) is 31.2 Å². The smallest absolute Gasteiger partial charge is 0.0920 e. The Balaban J connectivity index is 0.000000194. The summed E-state index contributed by atoms with van der Waals surface area (Å²) >= 11 is 5.80. The van der Waals surface area contributed by atoms with E-state index in [1.807, 2.05) is 24.3 Å². The number of rotatable bonds is 1. The molecule has 0 saturated carbocycles. The molecule has 5 heteroatoms. The summed E-state index contributed by atoms with van der Waals surface area (Å²) in [7, 11) is 0. The van der Waals surface area contributed by atoms with Crippen molar-refractivity contribution in [2.45, 2.75) is 37.4 Å². The van der Waals surface area contributed by atoms with Gasteiger partial charge in [0.05, 0.1) is 11.7 Å². The lowest BCUT2D eigenvalue weighted by atomic mass is 9.85. The van der Waals surface area contributed by atoms with Gasteiger partial charge in [0.25, 0.3) is 0 Å². The van der Waals surface area contributed by atoms with Gasteiger partial charge in [-0.2, -0.15) is 0 Å². The number of halogens is 1. The Morgan fingerprint density at radius 2 is 1.48 bits per heavy atom. The van der Waals surface area contributed by atoms with Crippen LogP contribution in [0.3, 0.4) is 0 Å². The Labute approximate surface area is 131 Å². The zero-order valence-corrected chi connectivity index (χ0v) is 13.1. The minimum Gasteiger partial charge on any atom is -0.393 e. The normalized spacial score (nSPS) is 22.2. The molecule has 118 valence electrons. The second kappa shape index (κ2) is 8.11. The molecule has 2 heterocycles. The average Bonchev–Trinajstić information content (AvgIpc) is 2.50. The monoisotopic (exact) mass is 312 g/mol. The molecule has 4 nitrogen and oxygen atoms in total. The number of nitrogens with one attached hydrogen (secondary N) is 2. The van der Waals surface area contributed by atoms with Gasteiger partial charge in [-0.15, -0.1) is 0 Å². The first-order valence-corrected chi connectivity index (χ1v) is 8.06. The van der Waals surface area contributed by atoms with Crippen molar-refractivity contribution >= 4 is 11.6 Å². The molecule has 0 unspecified atom stereocenters. The predicted octanol–water partition coefficient (Wildman–Crippen LogP) is 1.64. The fourth-order valence-electron chi connectivity index (χ4n) is 2.70. The number of aliphatic hydroxyl groups excluding tert-OH is 1. The standard InChI is InChI=1S/C11H14ClNO.C5H11NO/c12-10-3-1-9(2-4-10)11(14)5-7-13-8-6-11;7-5-1-3-6-4-2-5/h1-4,13-14H,5-8H2;5-7H,1-4H2. The van der Waals surface area contributed by atoms with E-state index in [2.05, 4.69) is 10.6 Å². The maximum Gasteiger partial charge on any atom is 0.0920 e. The summed E-state index contributed by atoms with van der Waals surface area (Å²) in [6.45, 7) is 3.72. The van der Waals surface area contributed by atoms with Crippen LogP contribution in [-0.2, 0) is 5.60 Å². The Bertz CT molecular complexity index is 413. The van der Waals surface area contributed by atoms with Crippen LogP contribution in [0.15, 0.2) is 24.3 Å². The molecule has 4 N–H and O–H groups in total. The SMILES string of the molecule is OC1(c2ccc(Cl)cc2)CCNCC1.OC1CCNCC1. The first-order chi connectivity index (χ1) is 10.1. The van der Waals surface area contributed by atoms with E-state index in [0.717, 1.165) is 57.4 Å². The van der Waals surface area contributed by atoms with Crippen molar-refractivity contribution in [1.82, 2.24) is 10.6 Å². The van der Waals surface area contributed by atoms with E-state index < -0.39 is 5.60 Å². The van der Waals surface area contributed by atoms with Crippen molar-refractivity contribution in [3.8, 4) is 0 Å². The predicted molar refractivity (Wildman–Crippen MR) is 85.6 cm³/mol. The molecular weight excluding hydrogens is 288 g/mol. The van der Waals surface area contributed by atoms with E-state index in [-0.39, 0.29) is 6.10 Å². The molecule has 0 atom stereocenters. The molecule has 1 aromatic carbocycles. The van der Waals surface area contributed by atoms with Gasteiger partial charge in [0.1, 0.15) is 0 Å². The topological polar surface area (TPSA) is 64.5 Å². The molecule has 2 saturated heterocycles. The Morgan fingerprint density at radius 1 is 0.952 bits per heavy atom. The summed E-state index contributed by atoms with van der Waals surface area (Å²) in [5, 5.41) is 26.3. The van der Waals surface area contributed by atoms with Crippen LogP contribution in [0, 0.1) is 0 Å². The van der Waals surface area contributed by atoms with E-state index in [0.29, 0.717) is 5.02 Å². The van der Waals surface area contributed by atoms with Gasteiger partial charge in [0.15, 0.2) is 0 Å². The van der Waals surface area contributed by atoms with E-state index in [1.54, 1.807) is 0 Å². The van der Waals surface area contributed by atoms with Crippen LogP contribution in [0.4, 0.5) is 0 Å². The van der Waals surface area contributed by atoms with Crippen LogP contribution < -0.4 is 10.6 Å². The third kappa shape index (κ3) is 5.24. The van der Waals surface area contributed by atoms with Gasteiger partial charge in [-0.25, -0.2) is 0 Å². The van der Waals surface area contributed by atoms with E-state index >= 15 is 0 Å². The highest BCUT2D eigenvalue weighted by molar-refractivity contribution is 6.30. The summed E-state index contributed by atoms with van der Waals surface area (Å²) in [5.74, 6) is 0. The first-order valence-electron chi connectivity index (χ1n) is 7.68. The maximum absolute atomic E-state index is 10.4. The Hall–Kier alpha value is -0.650. The van der Waals surface area contributed by atoms with E-state index in [9.17, 15) is 5.11 Å². The Morgan fingerprint density at radius 3 is 1.95 bits per heavy atom. The number of hydrogen-bond donors (Lipinski definition) is 4. The van der Waals surface area contributed by atoms with Crippen LogP contribution in [0.25, 0.3) is 0 Å². The summed E-state index contributed by atoms with van der Waals surface area (Å²) in [5.41, 5.74) is 0.318. The summed E-state index contributed by atoms with van der Waals surface area (Å²) in [6.07, 6.45) is 3.38. The van der Waals surface area contributed by atoms with Crippen LogP contribution in [0.5, 0.6) is 0 Å². The van der Waals surface area contributed by atoms with E-state index in [4.69, 9.17) is 16.7 Å². The molecule has 1 aromatic rings. The van der Waals surface area contributed by atoms with Crippen LogP contribution in [0.2, 0.25) is 5.02 Å². The summed E-state index contributed by atoms with van der Waals surface area (Å²) in [6, 6.07) is 7.48. The molecule has 0 aliphatic carbocycles. The van der Waals surface area contributed by atoms with Crippen molar-refractivity contribution < 1.29 is 10.2 Å². The van der Waals surface area contributed by atoms with Crippen molar-refractivity contribution in [1.29, 1.82) is 0 Å². The minimum absolute atomic E-state index is 0.0266. The average molecular weight is 313 g/mol. The molecule has 0 bridgehead atoms. The van der Waals surface area contributed by atoms with Crippen molar-refractivity contribution in [2.24, 2.45) is 0 Å². The fourth-order valence-corrected chi connectivity index (χ4v) is 2.82. The first kappa shape index (κ1) is 16.7. The summed E-state index contributed by atoms with van der Waals surface area (Å²) in [4.78, 5) is 0. The molecule has 0 spiro atoms. The lowest BCUT2D eigenvalue weighted by Crippen LogP contribution is -2.39.